The highest BCUT2D eigenvalue weighted by Gasteiger charge is 2.32. The van der Waals surface area contributed by atoms with Crippen molar-refractivity contribution in [1.82, 2.24) is 14.8 Å². The number of benzene rings is 1. The van der Waals surface area contributed by atoms with Gasteiger partial charge in [-0.15, -0.1) is 0 Å². The van der Waals surface area contributed by atoms with E-state index in [1.54, 1.807) is 11.0 Å². The largest absolute Gasteiger partial charge is 0.390 e. The summed E-state index contributed by atoms with van der Waals surface area (Å²) in [5, 5.41) is 13.3. The van der Waals surface area contributed by atoms with Gasteiger partial charge >= 0.3 is 0 Å². The molecule has 0 spiro atoms. The Kier molecular flexibility index (Phi) is 6.32. The first-order valence-electron chi connectivity index (χ1n) is 11.3. The molecule has 1 atom stereocenters. The van der Waals surface area contributed by atoms with Crippen molar-refractivity contribution in [1.29, 1.82) is 0 Å². The Bertz CT molecular complexity index is 1190. The van der Waals surface area contributed by atoms with Crippen molar-refractivity contribution in [3.63, 3.8) is 0 Å². The van der Waals surface area contributed by atoms with Crippen molar-refractivity contribution >= 4 is 45.1 Å². The summed E-state index contributed by atoms with van der Waals surface area (Å²) in [6, 6.07) is 2.63. The highest BCUT2D eigenvalue weighted by molar-refractivity contribution is 9.10. The summed E-state index contributed by atoms with van der Waals surface area (Å²) < 4.78 is 19.8. The molecule has 3 N–H and O–H groups in total. The normalized spacial score (nSPS) is 20.5. The van der Waals surface area contributed by atoms with E-state index in [-0.39, 0.29) is 18.4 Å². The van der Waals surface area contributed by atoms with E-state index >= 15 is 0 Å². The number of carbonyl (C=O) groups excluding carboxylic acids is 2. The van der Waals surface area contributed by atoms with Crippen LogP contribution in [0.1, 0.15) is 32.9 Å². The Morgan fingerprint density at radius 2 is 2.00 bits per heavy atom. The van der Waals surface area contributed by atoms with Crippen molar-refractivity contribution in [3.8, 4) is 0 Å². The van der Waals surface area contributed by atoms with Gasteiger partial charge in [0.1, 0.15) is 5.82 Å². The lowest BCUT2D eigenvalue weighted by Crippen LogP contribution is -2.47. The van der Waals surface area contributed by atoms with Crippen LogP contribution in [0.3, 0.4) is 0 Å². The number of aliphatic hydroxyl groups is 1. The third kappa shape index (κ3) is 4.31. The topological polar surface area (TPSA) is 97.9 Å². The molecule has 1 unspecified atom stereocenters. The maximum Gasteiger partial charge on any atom is 0.256 e. The number of halogens is 2. The SMILES string of the molecule is Cc1c(/C=C2\C(=O)Nc3c(Br)cc(F)cc32)[nH]c2c1C(=O)N(CC(O)CN1CCOCC1)CC2. The van der Waals surface area contributed by atoms with Gasteiger partial charge in [-0.05, 0) is 46.6 Å². The number of hydrogen-bond donors (Lipinski definition) is 3. The second kappa shape index (κ2) is 9.26. The molecule has 0 saturated carbocycles. The van der Waals surface area contributed by atoms with Crippen LogP contribution in [0.5, 0.6) is 0 Å². The molecule has 0 aliphatic carbocycles. The van der Waals surface area contributed by atoms with Gasteiger partial charge < -0.3 is 25.0 Å². The lowest BCUT2D eigenvalue weighted by molar-refractivity contribution is -0.110. The summed E-state index contributed by atoms with van der Waals surface area (Å²) in [6.45, 7) is 5.98. The Balaban J connectivity index is 1.37. The van der Waals surface area contributed by atoms with Crippen molar-refractivity contribution in [2.75, 3.05) is 51.3 Å². The van der Waals surface area contributed by atoms with E-state index in [9.17, 15) is 19.1 Å². The van der Waals surface area contributed by atoms with E-state index in [0.717, 1.165) is 24.3 Å². The lowest BCUT2D eigenvalue weighted by atomic mass is 10.0. The Morgan fingerprint density at radius 1 is 1.24 bits per heavy atom. The van der Waals surface area contributed by atoms with E-state index in [4.69, 9.17) is 4.74 Å². The van der Waals surface area contributed by atoms with Crippen molar-refractivity contribution < 1.29 is 23.8 Å². The summed E-state index contributed by atoms with van der Waals surface area (Å²) in [6.07, 6.45) is 1.65. The number of morpholine rings is 1. The Labute approximate surface area is 204 Å². The van der Waals surface area contributed by atoms with Crippen molar-refractivity contribution in [3.05, 3.63) is 50.5 Å². The molecule has 5 rings (SSSR count). The van der Waals surface area contributed by atoms with Crippen LogP contribution in [0.4, 0.5) is 10.1 Å². The van der Waals surface area contributed by atoms with Gasteiger partial charge in [0.05, 0.1) is 36.1 Å². The molecule has 180 valence electrons. The number of nitrogens with zero attached hydrogens (tertiary/aromatic N) is 2. The number of aromatic nitrogens is 1. The van der Waals surface area contributed by atoms with Crippen LogP contribution in [0.2, 0.25) is 0 Å². The number of amides is 2. The molecule has 1 saturated heterocycles. The van der Waals surface area contributed by atoms with Crippen LogP contribution in [0.15, 0.2) is 16.6 Å². The van der Waals surface area contributed by atoms with Crippen LogP contribution in [-0.4, -0.2) is 83.7 Å². The number of H-pyrrole nitrogens is 1. The third-order valence-corrected chi connectivity index (χ3v) is 7.25. The summed E-state index contributed by atoms with van der Waals surface area (Å²) in [4.78, 5) is 33.0. The molecule has 34 heavy (non-hydrogen) atoms. The zero-order chi connectivity index (χ0) is 24.0. The van der Waals surface area contributed by atoms with Gasteiger partial charge in [0, 0.05) is 60.6 Å². The maximum atomic E-state index is 14.0. The van der Waals surface area contributed by atoms with E-state index in [0.29, 0.717) is 65.3 Å². The number of β-amino-alcohol motifs (C(OH)–C–C–N with tert-alkyl or cyclic N) is 1. The summed E-state index contributed by atoms with van der Waals surface area (Å²) in [7, 11) is 0. The highest BCUT2D eigenvalue weighted by atomic mass is 79.9. The van der Waals surface area contributed by atoms with Gasteiger partial charge in [-0.2, -0.15) is 0 Å². The quantitative estimate of drug-likeness (QED) is 0.513. The molecule has 0 radical (unpaired) electrons. The first-order chi connectivity index (χ1) is 16.3. The molecule has 1 aromatic heterocycles. The minimum absolute atomic E-state index is 0.134. The van der Waals surface area contributed by atoms with Gasteiger partial charge in [0.25, 0.3) is 11.8 Å². The van der Waals surface area contributed by atoms with Crippen LogP contribution in [0.25, 0.3) is 11.6 Å². The number of fused-ring (bicyclic) bond motifs is 2. The standard InChI is InChI=1S/C24H26BrFN4O4/c1-13-20(10-17-16-8-14(26)9-18(25)22(16)28-23(17)32)27-19-2-3-30(24(33)21(13)19)12-15(31)11-29-4-6-34-7-5-29/h8-10,15,27,31H,2-7,11-12H2,1H3,(H,28,32)/b17-10-. The summed E-state index contributed by atoms with van der Waals surface area (Å²) in [5.41, 5.74) is 4.11. The Morgan fingerprint density at radius 3 is 2.76 bits per heavy atom. The lowest BCUT2D eigenvalue weighted by Gasteiger charge is -2.32. The molecule has 4 heterocycles. The third-order valence-electron chi connectivity index (χ3n) is 6.62. The van der Waals surface area contributed by atoms with Gasteiger partial charge in [-0.3, -0.25) is 14.5 Å². The molecular formula is C24H26BrFN4O4. The fraction of sp³-hybridized carbons (Fsp3) is 0.417. The molecule has 1 fully saturated rings. The molecular weight excluding hydrogens is 507 g/mol. The van der Waals surface area contributed by atoms with E-state index < -0.39 is 11.9 Å². The monoisotopic (exact) mass is 532 g/mol. The Hall–Kier alpha value is -2.53. The average molecular weight is 533 g/mol. The zero-order valence-electron chi connectivity index (χ0n) is 18.8. The first-order valence-corrected chi connectivity index (χ1v) is 12.1. The molecule has 8 nitrogen and oxygen atoms in total. The highest BCUT2D eigenvalue weighted by Crippen LogP contribution is 2.39. The zero-order valence-corrected chi connectivity index (χ0v) is 20.4. The number of rotatable bonds is 5. The van der Waals surface area contributed by atoms with Crippen LogP contribution >= 0.6 is 15.9 Å². The van der Waals surface area contributed by atoms with Crippen LogP contribution in [0, 0.1) is 12.7 Å². The molecule has 0 bridgehead atoms. The maximum absolute atomic E-state index is 14.0. The average Bonchev–Trinajstić information content (AvgIpc) is 3.28. The first kappa shape index (κ1) is 23.2. The second-order valence-corrected chi connectivity index (χ2v) is 9.76. The number of aromatic amines is 1. The summed E-state index contributed by atoms with van der Waals surface area (Å²) >= 11 is 3.30. The van der Waals surface area contributed by atoms with Gasteiger partial charge in [0.15, 0.2) is 0 Å². The fourth-order valence-corrected chi connectivity index (χ4v) is 5.41. The smallest absolute Gasteiger partial charge is 0.256 e. The number of carbonyl (C=O) groups is 2. The number of hydrogen-bond acceptors (Lipinski definition) is 5. The van der Waals surface area contributed by atoms with Crippen molar-refractivity contribution in [2.45, 2.75) is 19.4 Å². The number of aliphatic hydroxyl groups excluding tert-OH is 1. The van der Waals surface area contributed by atoms with Crippen molar-refractivity contribution in [2.24, 2.45) is 0 Å². The number of nitrogens with one attached hydrogen (secondary N) is 2. The molecule has 10 heteroatoms. The molecule has 3 aliphatic rings. The molecule has 1 aromatic carbocycles. The number of ether oxygens (including phenoxy) is 1. The van der Waals surface area contributed by atoms with E-state index in [2.05, 4.69) is 31.1 Å². The van der Waals surface area contributed by atoms with Gasteiger partial charge in [0.2, 0.25) is 0 Å². The van der Waals surface area contributed by atoms with E-state index in [1.165, 1.54) is 12.1 Å². The predicted octanol–water partition coefficient (Wildman–Crippen LogP) is 2.41. The molecule has 3 aliphatic heterocycles. The summed E-state index contributed by atoms with van der Waals surface area (Å²) in [5.74, 6) is -0.907. The molecule has 2 amide bonds. The predicted molar refractivity (Wildman–Crippen MR) is 129 cm³/mol. The minimum Gasteiger partial charge on any atom is -0.390 e. The van der Waals surface area contributed by atoms with Crippen LogP contribution < -0.4 is 5.32 Å². The minimum atomic E-state index is -0.642. The number of anilines is 1. The van der Waals surface area contributed by atoms with E-state index in [1.807, 2.05) is 6.92 Å². The second-order valence-electron chi connectivity index (χ2n) is 8.91. The van der Waals surface area contributed by atoms with Gasteiger partial charge in [-0.25, -0.2) is 4.39 Å². The molecule has 2 aromatic rings. The van der Waals surface area contributed by atoms with Crippen LogP contribution in [-0.2, 0) is 16.0 Å². The van der Waals surface area contributed by atoms with Gasteiger partial charge in [-0.1, -0.05) is 0 Å². The fourth-order valence-electron chi connectivity index (χ4n) is 4.88.